The molecular weight excluding hydrogens is 240 g/mol. The van der Waals surface area contributed by atoms with Crippen molar-refractivity contribution in [2.75, 3.05) is 12.3 Å². The van der Waals surface area contributed by atoms with Gasteiger partial charge < -0.3 is 0 Å². The molecule has 1 aromatic heterocycles. The van der Waals surface area contributed by atoms with E-state index < -0.39 is 0 Å². The van der Waals surface area contributed by atoms with Crippen LogP contribution in [-0.4, -0.2) is 27.2 Å². The minimum atomic E-state index is -0.370. The quantitative estimate of drug-likeness (QED) is 0.786. The fraction of sp³-hybridized carbons (Fsp3) is 0.700. The standard InChI is InChI=1S/C10H14N4S2/c1-2-13-10(5-11,8-3-4-8)6-15-9-12-7-14-16-9/h7-8,13H,2-4,6H2,1H3. The van der Waals surface area contributed by atoms with Gasteiger partial charge in [0.15, 0.2) is 4.34 Å². The normalized spacial score (nSPS) is 19.0. The number of rotatable bonds is 6. The van der Waals surface area contributed by atoms with Gasteiger partial charge >= 0.3 is 0 Å². The zero-order valence-electron chi connectivity index (χ0n) is 9.14. The molecule has 0 radical (unpaired) electrons. The summed E-state index contributed by atoms with van der Waals surface area (Å²) in [4.78, 5) is 4.13. The molecule has 2 rings (SSSR count). The highest BCUT2D eigenvalue weighted by atomic mass is 32.2. The summed E-state index contributed by atoms with van der Waals surface area (Å²) in [5.41, 5.74) is -0.370. The Morgan fingerprint density at radius 2 is 2.56 bits per heavy atom. The van der Waals surface area contributed by atoms with Crippen molar-refractivity contribution < 1.29 is 0 Å². The second-order valence-corrected chi connectivity index (χ2v) is 5.89. The molecule has 0 saturated heterocycles. The maximum Gasteiger partial charge on any atom is 0.169 e. The van der Waals surface area contributed by atoms with Crippen molar-refractivity contribution in [3.05, 3.63) is 6.33 Å². The highest BCUT2D eigenvalue weighted by Crippen LogP contribution is 2.42. The molecule has 1 atom stereocenters. The van der Waals surface area contributed by atoms with E-state index >= 15 is 0 Å². The van der Waals surface area contributed by atoms with Crippen LogP contribution in [0, 0.1) is 17.2 Å². The predicted molar refractivity (Wildman–Crippen MR) is 65.4 cm³/mol. The highest BCUT2D eigenvalue weighted by molar-refractivity contribution is 8.01. The van der Waals surface area contributed by atoms with Crippen molar-refractivity contribution in [1.29, 1.82) is 5.26 Å². The summed E-state index contributed by atoms with van der Waals surface area (Å²) >= 11 is 3.02. The van der Waals surface area contributed by atoms with Crippen LogP contribution in [-0.2, 0) is 0 Å². The van der Waals surface area contributed by atoms with Crippen LogP contribution < -0.4 is 5.32 Å². The molecule has 4 nitrogen and oxygen atoms in total. The molecule has 1 aliphatic carbocycles. The highest BCUT2D eigenvalue weighted by Gasteiger charge is 2.45. The zero-order chi connectivity index (χ0) is 11.4. The van der Waals surface area contributed by atoms with Crippen LogP contribution in [0.25, 0.3) is 0 Å². The second kappa shape index (κ2) is 5.13. The number of nitriles is 1. The van der Waals surface area contributed by atoms with Gasteiger partial charge in [0.25, 0.3) is 0 Å². The van der Waals surface area contributed by atoms with E-state index in [1.165, 1.54) is 11.5 Å². The summed E-state index contributed by atoms with van der Waals surface area (Å²) in [6, 6.07) is 2.47. The Bertz CT molecular complexity index is 369. The van der Waals surface area contributed by atoms with E-state index in [0.717, 1.165) is 29.5 Å². The molecule has 6 heteroatoms. The van der Waals surface area contributed by atoms with Crippen molar-refractivity contribution in [2.24, 2.45) is 5.92 Å². The summed E-state index contributed by atoms with van der Waals surface area (Å²) in [6.45, 7) is 2.88. The van der Waals surface area contributed by atoms with Gasteiger partial charge in [0.1, 0.15) is 11.9 Å². The Kier molecular flexibility index (Phi) is 3.79. The van der Waals surface area contributed by atoms with Gasteiger partial charge in [-0.25, -0.2) is 4.98 Å². The first-order valence-corrected chi connectivity index (χ1v) is 7.12. The number of nitrogens with zero attached hydrogens (tertiary/aromatic N) is 3. The smallest absolute Gasteiger partial charge is 0.169 e. The summed E-state index contributed by atoms with van der Waals surface area (Å²) in [6.07, 6.45) is 3.89. The van der Waals surface area contributed by atoms with Crippen molar-refractivity contribution in [3.8, 4) is 6.07 Å². The van der Waals surface area contributed by atoms with Gasteiger partial charge in [0.05, 0.1) is 6.07 Å². The molecule has 1 unspecified atom stereocenters. The first kappa shape index (κ1) is 11.8. The Hall–Kier alpha value is -0.640. The number of hydrogen-bond donors (Lipinski definition) is 1. The molecule has 86 valence electrons. The van der Waals surface area contributed by atoms with E-state index in [9.17, 15) is 5.26 Å². The van der Waals surface area contributed by atoms with Crippen LogP contribution in [0.3, 0.4) is 0 Å². The Morgan fingerprint density at radius 3 is 3.06 bits per heavy atom. The molecule has 0 bridgehead atoms. The van der Waals surface area contributed by atoms with E-state index in [2.05, 4.69) is 20.7 Å². The average Bonchev–Trinajstić information content (AvgIpc) is 3.03. The molecule has 16 heavy (non-hydrogen) atoms. The summed E-state index contributed by atoms with van der Waals surface area (Å²) < 4.78 is 4.90. The Balaban J connectivity index is 1.99. The van der Waals surface area contributed by atoms with Crippen LogP contribution in [0.4, 0.5) is 0 Å². The van der Waals surface area contributed by atoms with Crippen LogP contribution in [0.15, 0.2) is 10.7 Å². The van der Waals surface area contributed by atoms with Crippen LogP contribution >= 0.6 is 23.3 Å². The van der Waals surface area contributed by atoms with Gasteiger partial charge in [-0.3, -0.25) is 5.32 Å². The second-order valence-electron chi connectivity index (χ2n) is 3.88. The van der Waals surface area contributed by atoms with E-state index in [4.69, 9.17) is 0 Å². The minimum Gasteiger partial charge on any atom is -0.299 e. The number of aromatic nitrogens is 2. The van der Waals surface area contributed by atoms with Gasteiger partial charge in [-0.1, -0.05) is 18.7 Å². The molecule has 0 amide bonds. The monoisotopic (exact) mass is 254 g/mol. The van der Waals surface area contributed by atoms with Crippen LogP contribution in [0.5, 0.6) is 0 Å². The van der Waals surface area contributed by atoms with Gasteiger partial charge in [-0.2, -0.15) is 9.64 Å². The SMILES string of the molecule is CCNC(C#N)(CSc1ncns1)C1CC1. The summed E-state index contributed by atoms with van der Waals surface area (Å²) in [5, 5.41) is 12.7. The molecule has 1 heterocycles. The van der Waals surface area contributed by atoms with Crippen molar-refractivity contribution in [3.63, 3.8) is 0 Å². The van der Waals surface area contributed by atoms with Crippen molar-refractivity contribution in [2.45, 2.75) is 29.6 Å². The summed E-state index contributed by atoms with van der Waals surface area (Å²) in [5.74, 6) is 1.27. The Labute approximate surface area is 104 Å². The van der Waals surface area contributed by atoms with Gasteiger partial charge in [0, 0.05) is 5.75 Å². The van der Waals surface area contributed by atoms with E-state index in [-0.39, 0.29) is 5.54 Å². The third kappa shape index (κ3) is 2.54. The molecule has 1 N–H and O–H groups in total. The third-order valence-electron chi connectivity index (χ3n) is 2.73. The third-order valence-corrected chi connectivity index (χ3v) is 4.72. The molecule has 0 spiro atoms. The number of thioether (sulfide) groups is 1. The van der Waals surface area contributed by atoms with Crippen LogP contribution in [0.2, 0.25) is 0 Å². The number of nitrogens with one attached hydrogen (secondary N) is 1. The molecule has 0 aliphatic heterocycles. The summed E-state index contributed by atoms with van der Waals surface area (Å²) in [7, 11) is 0. The number of hydrogen-bond acceptors (Lipinski definition) is 6. The van der Waals surface area contributed by atoms with E-state index in [1.807, 2.05) is 6.92 Å². The van der Waals surface area contributed by atoms with Crippen molar-refractivity contribution in [1.82, 2.24) is 14.7 Å². The topological polar surface area (TPSA) is 61.6 Å². The van der Waals surface area contributed by atoms with Crippen LogP contribution in [0.1, 0.15) is 19.8 Å². The molecule has 1 saturated carbocycles. The fourth-order valence-corrected chi connectivity index (χ4v) is 3.44. The molecule has 1 fully saturated rings. The van der Waals surface area contributed by atoms with Gasteiger partial charge in [0.2, 0.25) is 0 Å². The Morgan fingerprint density at radius 1 is 1.75 bits per heavy atom. The lowest BCUT2D eigenvalue weighted by Gasteiger charge is -2.26. The van der Waals surface area contributed by atoms with E-state index in [1.54, 1.807) is 18.1 Å². The lowest BCUT2D eigenvalue weighted by atomic mass is 9.98. The van der Waals surface area contributed by atoms with Gasteiger partial charge in [-0.05, 0) is 36.8 Å². The molecule has 0 aromatic carbocycles. The lowest BCUT2D eigenvalue weighted by Crippen LogP contribution is -2.48. The van der Waals surface area contributed by atoms with Gasteiger partial charge in [-0.15, -0.1) is 0 Å². The largest absolute Gasteiger partial charge is 0.299 e. The maximum absolute atomic E-state index is 9.39. The molecule has 1 aromatic rings. The average molecular weight is 254 g/mol. The first-order chi connectivity index (χ1) is 7.80. The van der Waals surface area contributed by atoms with E-state index in [0.29, 0.717) is 5.92 Å². The first-order valence-electron chi connectivity index (χ1n) is 5.36. The minimum absolute atomic E-state index is 0.370. The molecular formula is C10H14N4S2. The fourth-order valence-electron chi connectivity index (χ4n) is 1.77. The predicted octanol–water partition coefficient (Wildman–Crippen LogP) is 1.91. The molecule has 1 aliphatic rings. The zero-order valence-corrected chi connectivity index (χ0v) is 10.8. The lowest BCUT2D eigenvalue weighted by molar-refractivity contribution is 0.416. The maximum atomic E-state index is 9.39. The van der Waals surface area contributed by atoms with Crippen molar-refractivity contribution >= 4 is 23.3 Å².